The van der Waals surface area contributed by atoms with E-state index >= 15 is 0 Å². The molecular weight excluding hydrogens is 300 g/mol. The van der Waals surface area contributed by atoms with Crippen LogP contribution in [0.15, 0.2) is 42.7 Å². The minimum absolute atomic E-state index is 0.596. The zero-order valence-corrected chi connectivity index (χ0v) is 12.7. The van der Waals surface area contributed by atoms with E-state index in [1.807, 2.05) is 36.7 Å². The molecule has 112 valence electrons. The summed E-state index contributed by atoms with van der Waals surface area (Å²) in [6.45, 7) is 1.98. The minimum atomic E-state index is 0.596. The standard InChI is InChI=1S/C17H15ClN2O2/c18-13-8-12(9-16-17(13)22-7-3-6-21-16)10-20-11-19-14-4-1-2-5-15(14)20/h1-2,4-5,8-9,11H,3,6-7,10H2. The molecule has 0 radical (unpaired) electrons. The molecule has 0 saturated carbocycles. The van der Waals surface area contributed by atoms with E-state index in [1.165, 1.54) is 0 Å². The highest BCUT2D eigenvalue weighted by molar-refractivity contribution is 6.32. The number of hydrogen-bond donors (Lipinski definition) is 0. The van der Waals surface area contributed by atoms with Crippen LogP contribution in [0.2, 0.25) is 5.02 Å². The van der Waals surface area contributed by atoms with Crippen LogP contribution in [0, 0.1) is 0 Å². The van der Waals surface area contributed by atoms with Gasteiger partial charge in [0.2, 0.25) is 0 Å². The fourth-order valence-electron chi connectivity index (χ4n) is 2.71. The lowest BCUT2D eigenvalue weighted by Gasteiger charge is -2.12. The maximum Gasteiger partial charge on any atom is 0.179 e. The summed E-state index contributed by atoms with van der Waals surface area (Å²) in [7, 11) is 0. The van der Waals surface area contributed by atoms with Gasteiger partial charge in [-0.2, -0.15) is 0 Å². The summed E-state index contributed by atoms with van der Waals surface area (Å²) in [5, 5.41) is 0.596. The molecule has 1 aromatic heterocycles. The van der Waals surface area contributed by atoms with Gasteiger partial charge in [-0.1, -0.05) is 23.7 Å². The molecule has 0 bridgehead atoms. The summed E-state index contributed by atoms with van der Waals surface area (Å²) in [4.78, 5) is 4.41. The quantitative estimate of drug-likeness (QED) is 0.720. The van der Waals surface area contributed by atoms with Crippen LogP contribution in [0.5, 0.6) is 11.5 Å². The van der Waals surface area contributed by atoms with Crippen molar-refractivity contribution >= 4 is 22.6 Å². The van der Waals surface area contributed by atoms with Gasteiger partial charge in [-0.05, 0) is 29.8 Å². The van der Waals surface area contributed by atoms with Crippen molar-refractivity contribution in [3.63, 3.8) is 0 Å². The molecule has 1 aliphatic rings. The number of para-hydroxylation sites is 2. The third kappa shape index (κ3) is 2.40. The number of hydrogen-bond acceptors (Lipinski definition) is 3. The van der Waals surface area contributed by atoms with Gasteiger partial charge in [0.25, 0.3) is 0 Å². The highest BCUT2D eigenvalue weighted by Gasteiger charge is 2.16. The first-order chi connectivity index (χ1) is 10.8. The van der Waals surface area contributed by atoms with E-state index in [0.29, 0.717) is 30.5 Å². The average Bonchev–Trinajstić information content (AvgIpc) is 2.77. The van der Waals surface area contributed by atoms with Gasteiger partial charge >= 0.3 is 0 Å². The lowest BCUT2D eigenvalue weighted by Crippen LogP contribution is -2.00. The SMILES string of the molecule is Clc1cc(Cn2cnc3ccccc32)cc2c1OCCCO2. The largest absolute Gasteiger partial charge is 0.489 e. The van der Waals surface area contributed by atoms with Crippen LogP contribution in [-0.4, -0.2) is 22.8 Å². The predicted octanol–water partition coefficient (Wildman–Crippen LogP) is 3.90. The second kappa shape index (κ2) is 5.54. The van der Waals surface area contributed by atoms with Crippen LogP contribution in [0.4, 0.5) is 0 Å². The molecule has 0 unspecified atom stereocenters. The van der Waals surface area contributed by atoms with Crippen molar-refractivity contribution in [3.8, 4) is 11.5 Å². The van der Waals surface area contributed by atoms with E-state index in [-0.39, 0.29) is 0 Å². The van der Waals surface area contributed by atoms with Crippen LogP contribution in [0.25, 0.3) is 11.0 Å². The molecule has 2 aromatic carbocycles. The lowest BCUT2D eigenvalue weighted by atomic mass is 10.2. The Kier molecular flexibility index (Phi) is 3.39. The number of fused-ring (bicyclic) bond motifs is 2. The van der Waals surface area contributed by atoms with E-state index in [0.717, 1.165) is 28.8 Å². The van der Waals surface area contributed by atoms with E-state index in [9.17, 15) is 0 Å². The summed E-state index contributed by atoms with van der Waals surface area (Å²) < 4.78 is 13.5. The minimum Gasteiger partial charge on any atom is -0.489 e. The van der Waals surface area contributed by atoms with Gasteiger partial charge in [-0.15, -0.1) is 0 Å². The third-order valence-corrected chi connectivity index (χ3v) is 4.02. The monoisotopic (exact) mass is 314 g/mol. The maximum atomic E-state index is 6.35. The Morgan fingerprint density at radius 2 is 2.00 bits per heavy atom. The van der Waals surface area contributed by atoms with Crippen molar-refractivity contribution in [1.29, 1.82) is 0 Å². The van der Waals surface area contributed by atoms with E-state index in [1.54, 1.807) is 0 Å². The molecule has 0 amide bonds. The summed E-state index contributed by atoms with van der Waals surface area (Å²) in [6, 6.07) is 12.0. The van der Waals surface area contributed by atoms with Gasteiger partial charge in [0.05, 0.1) is 35.6 Å². The Morgan fingerprint density at radius 3 is 2.95 bits per heavy atom. The second-order valence-corrected chi connectivity index (χ2v) is 5.72. The third-order valence-electron chi connectivity index (χ3n) is 3.74. The molecule has 0 N–H and O–H groups in total. The van der Waals surface area contributed by atoms with Crippen molar-refractivity contribution in [3.05, 3.63) is 53.3 Å². The average molecular weight is 315 g/mol. The van der Waals surface area contributed by atoms with Crippen molar-refractivity contribution in [2.75, 3.05) is 13.2 Å². The number of rotatable bonds is 2. The molecule has 0 spiro atoms. The predicted molar refractivity (Wildman–Crippen MR) is 85.9 cm³/mol. The lowest BCUT2D eigenvalue weighted by molar-refractivity contribution is 0.297. The van der Waals surface area contributed by atoms with Gasteiger partial charge in [0.15, 0.2) is 11.5 Å². The number of ether oxygens (including phenoxy) is 2. The normalized spacial score (nSPS) is 14.0. The summed E-state index contributed by atoms with van der Waals surface area (Å²) in [6.07, 6.45) is 2.72. The van der Waals surface area contributed by atoms with Crippen molar-refractivity contribution in [2.24, 2.45) is 0 Å². The second-order valence-electron chi connectivity index (χ2n) is 5.32. The van der Waals surface area contributed by atoms with Crippen molar-refractivity contribution in [1.82, 2.24) is 9.55 Å². The van der Waals surface area contributed by atoms with Gasteiger partial charge < -0.3 is 14.0 Å². The molecule has 0 aliphatic carbocycles. The smallest absolute Gasteiger partial charge is 0.179 e. The molecule has 1 aliphatic heterocycles. The van der Waals surface area contributed by atoms with Gasteiger partial charge in [-0.3, -0.25) is 0 Å². The topological polar surface area (TPSA) is 36.3 Å². The molecule has 0 saturated heterocycles. The van der Waals surface area contributed by atoms with Gasteiger partial charge in [-0.25, -0.2) is 4.98 Å². The molecule has 5 heteroatoms. The number of benzene rings is 2. The Balaban J connectivity index is 1.71. The fourth-order valence-corrected chi connectivity index (χ4v) is 3.00. The molecule has 22 heavy (non-hydrogen) atoms. The van der Waals surface area contributed by atoms with Crippen LogP contribution >= 0.6 is 11.6 Å². The summed E-state index contributed by atoms with van der Waals surface area (Å²) in [5.74, 6) is 1.38. The zero-order valence-electron chi connectivity index (χ0n) is 12.0. The Morgan fingerprint density at radius 1 is 1.14 bits per heavy atom. The number of aromatic nitrogens is 2. The highest BCUT2D eigenvalue weighted by Crippen LogP contribution is 2.38. The highest BCUT2D eigenvalue weighted by atomic mass is 35.5. The molecule has 4 nitrogen and oxygen atoms in total. The first-order valence-corrected chi connectivity index (χ1v) is 7.67. The summed E-state index contributed by atoms with van der Waals surface area (Å²) >= 11 is 6.35. The molecule has 2 heterocycles. The molecule has 0 atom stereocenters. The van der Waals surface area contributed by atoms with Crippen LogP contribution < -0.4 is 9.47 Å². The Hall–Kier alpha value is -2.20. The number of imidazole rings is 1. The first-order valence-electron chi connectivity index (χ1n) is 7.29. The zero-order chi connectivity index (χ0) is 14.9. The molecule has 0 fully saturated rings. The molecule has 4 rings (SSSR count). The van der Waals surface area contributed by atoms with E-state index in [2.05, 4.69) is 15.6 Å². The van der Waals surface area contributed by atoms with E-state index < -0.39 is 0 Å². The van der Waals surface area contributed by atoms with Crippen molar-refractivity contribution < 1.29 is 9.47 Å². The molecule has 3 aromatic rings. The number of halogens is 1. The maximum absolute atomic E-state index is 6.35. The van der Waals surface area contributed by atoms with Crippen LogP contribution in [0.1, 0.15) is 12.0 Å². The Bertz CT molecular complexity index is 829. The van der Waals surface area contributed by atoms with E-state index in [4.69, 9.17) is 21.1 Å². The molecular formula is C17H15ClN2O2. The van der Waals surface area contributed by atoms with Crippen LogP contribution in [-0.2, 0) is 6.54 Å². The number of nitrogens with zero attached hydrogens (tertiary/aromatic N) is 2. The van der Waals surface area contributed by atoms with Gasteiger partial charge in [0, 0.05) is 13.0 Å². The van der Waals surface area contributed by atoms with Crippen LogP contribution in [0.3, 0.4) is 0 Å². The summed E-state index contributed by atoms with van der Waals surface area (Å²) in [5.41, 5.74) is 3.16. The van der Waals surface area contributed by atoms with Gasteiger partial charge in [0.1, 0.15) is 0 Å². The Labute approximate surface area is 133 Å². The first kappa shape index (κ1) is 13.5. The fraction of sp³-hybridized carbons (Fsp3) is 0.235. The van der Waals surface area contributed by atoms with Crippen molar-refractivity contribution in [2.45, 2.75) is 13.0 Å².